The quantitative estimate of drug-likeness (QED) is 0.358. The number of benzene rings is 1. The first-order valence-corrected chi connectivity index (χ1v) is 7.43. The Bertz CT molecular complexity index is 498. The second-order valence-corrected chi connectivity index (χ2v) is 5.50. The lowest BCUT2D eigenvalue weighted by molar-refractivity contribution is -0.269. The van der Waals surface area contributed by atoms with E-state index in [4.69, 9.17) is 0 Å². The van der Waals surface area contributed by atoms with E-state index in [1.807, 2.05) is 62.4 Å². The Balaban J connectivity index is 3.35. The van der Waals surface area contributed by atoms with E-state index >= 15 is 0 Å². The van der Waals surface area contributed by atoms with Crippen LogP contribution in [0.4, 0.5) is 0 Å². The molecule has 3 heteroatoms. The van der Waals surface area contributed by atoms with E-state index in [9.17, 15) is 9.90 Å². The molecule has 0 unspecified atom stereocenters. The minimum absolute atomic E-state index is 0.0726. The summed E-state index contributed by atoms with van der Waals surface area (Å²) in [6, 6.07) is 1.94. The lowest BCUT2D eigenvalue weighted by Crippen LogP contribution is -2.12. The summed E-state index contributed by atoms with van der Waals surface area (Å²) in [5.41, 5.74) is 4.05. The minimum atomic E-state index is -0.0910. The smallest absolute Gasteiger partial charge is 0.172 e. The van der Waals surface area contributed by atoms with Crippen LogP contribution in [0.3, 0.4) is 0 Å². The highest BCUT2D eigenvalue weighted by Gasteiger charge is 2.12. The standard InChI is InChI=1S/C15H19IO2/c1-9(2)5-6-12-10(3)7-11(4)14(15(12)18)13(17)8-16/h5,7,18H,6,8H2,1-4H3/p-1. The third-order valence-electron chi connectivity index (χ3n) is 2.92. The van der Waals surface area contributed by atoms with Crippen molar-refractivity contribution < 1.29 is 9.90 Å². The fourth-order valence-electron chi connectivity index (χ4n) is 1.97. The molecule has 0 aliphatic rings. The number of halogens is 1. The van der Waals surface area contributed by atoms with Crippen LogP contribution >= 0.6 is 22.6 Å². The Labute approximate surface area is 122 Å². The van der Waals surface area contributed by atoms with Gasteiger partial charge in [-0.3, -0.25) is 4.79 Å². The van der Waals surface area contributed by atoms with Crippen LogP contribution in [0, 0.1) is 13.8 Å². The van der Waals surface area contributed by atoms with E-state index in [1.165, 1.54) is 5.57 Å². The molecule has 0 amide bonds. The van der Waals surface area contributed by atoms with Gasteiger partial charge < -0.3 is 5.11 Å². The molecule has 0 aromatic heterocycles. The summed E-state index contributed by atoms with van der Waals surface area (Å²) in [7, 11) is 0. The summed E-state index contributed by atoms with van der Waals surface area (Å²) in [4.78, 5) is 11.8. The van der Waals surface area contributed by atoms with Gasteiger partial charge in [0.25, 0.3) is 0 Å². The number of allylic oxidation sites excluding steroid dienone is 2. The number of hydrogen-bond acceptors (Lipinski definition) is 2. The monoisotopic (exact) mass is 357 g/mol. The van der Waals surface area contributed by atoms with Gasteiger partial charge in [0, 0.05) is 5.56 Å². The molecule has 1 aromatic carbocycles. The summed E-state index contributed by atoms with van der Waals surface area (Å²) in [6.07, 6.45) is 2.63. The number of carbonyl (C=O) groups excluding carboxylic acids is 1. The minimum Gasteiger partial charge on any atom is -0.872 e. The molecular weight excluding hydrogens is 339 g/mol. The molecule has 0 saturated carbocycles. The van der Waals surface area contributed by atoms with Crippen molar-refractivity contribution in [2.24, 2.45) is 0 Å². The van der Waals surface area contributed by atoms with Crippen molar-refractivity contribution in [3.63, 3.8) is 0 Å². The van der Waals surface area contributed by atoms with Crippen LogP contribution in [0.1, 0.15) is 40.9 Å². The largest absolute Gasteiger partial charge is 0.872 e. The molecule has 0 bridgehead atoms. The highest BCUT2D eigenvalue weighted by molar-refractivity contribution is 14.1. The predicted octanol–water partition coefficient (Wildman–Crippen LogP) is 3.50. The average Bonchev–Trinajstić information content (AvgIpc) is 2.27. The molecule has 18 heavy (non-hydrogen) atoms. The van der Waals surface area contributed by atoms with Crippen molar-refractivity contribution in [3.05, 3.63) is 40.0 Å². The van der Waals surface area contributed by atoms with E-state index in [1.54, 1.807) is 0 Å². The van der Waals surface area contributed by atoms with E-state index < -0.39 is 0 Å². The van der Waals surface area contributed by atoms with Gasteiger partial charge in [-0.05, 0) is 50.8 Å². The highest BCUT2D eigenvalue weighted by Crippen LogP contribution is 2.28. The van der Waals surface area contributed by atoms with Crippen molar-refractivity contribution in [3.8, 4) is 5.75 Å². The highest BCUT2D eigenvalue weighted by atomic mass is 127. The predicted molar refractivity (Wildman–Crippen MR) is 81.7 cm³/mol. The first kappa shape index (κ1) is 15.2. The van der Waals surface area contributed by atoms with Crippen molar-refractivity contribution >= 4 is 28.4 Å². The van der Waals surface area contributed by atoms with Crippen molar-refractivity contribution in [1.82, 2.24) is 0 Å². The molecular formula is C15H18IO2-. The molecule has 1 rings (SSSR count). The Morgan fingerprint density at radius 3 is 2.44 bits per heavy atom. The van der Waals surface area contributed by atoms with Crippen LogP contribution in [0.2, 0.25) is 0 Å². The maximum absolute atomic E-state index is 12.4. The van der Waals surface area contributed by atoms with E-state index in [0.29, 0.717) is 16.4 Å². The Hall–Kier alpha value is -0.840. The van der Waals surface area contributed by atoms with Gasteiger partial charge in [0.2, 0.25) is 0 Å². The van der Waals surface area contributed by atoms with E-state index in [-0.39, 0.29) is 11.5 Å². The summed E-state index contributed by atoms with van der Waals surface area (Å²) < 4.78 is 0.346. The second-order valence-electron chi connectivity index (χ2n) is 4.74. The van der Waals surface area contributed by atoms with Gasteiger partial charge in [0.15, 0.2) is 5.78 Å². The number of ketones is 1. The Morgan fingerprint density at radius 2 is 1.94 bits per heavy atom. The maximum Gasteiger partial charge on any atom is 0.172 e. The van der Waals surface area contributed by atoms with Crippen molar-refractivity contribution in [2.75, 3.05) is 4.43 Å². The molecule has 0 fully saturated rings. The molecule has 0 aliphatic carbocycles. The maximum atomic E-state index is 12.4. The molecule has 1 aromatic rings. The molecule has 0 saturated heterocycles. The molecule has 2 nitrogen and oxygen atoms in total. The normalized spacial score (nSPS) is 10.3. The van der Waals surface area contributed by atoms with Crippen LogP contribution in [-0.2, 0) is 6.42 Å². The number of alkyl halides is 1. The number of aryl methyl sites for hydroxylation is 2. The summed E-state index contributed by atoms with van der Waals surface area (Å²) >= 11 is 2.00. The SMILES string of the molecule is CC(C)=CCc1c(C)cc(C)c(C(=O)CI)c1[O-]. The molecule has 0 aliphatic heterocycles. The topological polar surface area (TPSA) is 40.1 Å². The number of hydrogen-bond donors (Lipinski definition) is 0. The summed E-state index contributed by atoms with van der Waals surface area (Å²) in [6.45, 7) is 7.77. The first-order valence-electron chi connectivity index (χ1n) is 5.91. The van der Waals surface area contributed by atoms with Gasteiger partial charge in [-0.15, -0.1) is 0 Å². The lowest BCUT2D eigenvalue weighted by Gasteiger charge is -2.22. The van der Waals surface area contributed by atoms with Gasteiger partial charge >= 0.3 is 0 Å². The van der Waals surface area contributed by atoms with Crippen molar-refractivity contribution in [2.45, 2.75) is 34.1 Å². The number of carbonyl (C=O) groups is 1. The zero-order valence-corrected chi connectivity index (χ0v) is 13.4. The van der Waals surface area contributed by atoms with Crippen LogP contribution in [0.5, 0.6) is 5.75 Å². The second kappa shape index (κ2) is 6.36. The fourth-order valence-corrected chi connectivity index (χ4v) is 2.35. The molecule has 0 spiro atoms. The van der Waals surface area contributed by atoms with Crippen LogP contribution in [-0.4, -0.2) is 10.2 Å². The van der Waals surface area contributed by atoms with Crippen LogP contribution < -0.4 is 5.11 Å². The van der Waals surface area contributed by atoms with Crippen LogP contribution in [0.15, 0.2) is 17.7 Å². The fraction of sp³-hybridized carbons (Fsp3) is 0.400. The van der Waals surface area contributed by atoms with Crippen molar-refractivity contribution in [1.29, 1.82) is 0 Å². The third-order valence-corrected chi connectivity index (χ3v) is 3.61. The van der Waals surface area contributed by atoms with Gasteiger partial charge in [0.05, 0.1) is 4.43 Å². The molecule has 0 atom stereocenters. The number of Topliss-reactive ketones (excluding diaryl/α,β-unsaturated/α-hetero) is 1. The molecule has 0 heterocycles. The zero-order valence-electron chi connectivity index (χ0n) is 11.3. The molecule has 0 N–H and O–H groups in total. The van der Waals surface area contributed by atoms with E-state index in [0.717, 1.165) is 16.7 Å². The van der Waals surface area contributed by atoms with Gasteiger partial charge in [-0.25, -0.2) is 0 Å². The average molecular weight is 357 g/mol. The van der Waals surface area contributed by atoms with E-state index in [2.05, 4.69) is 0 Å². The van der Waals surface area contributed by atoms with Crippen LogP contribution in [0.25, 0.3) is 0 Å². The Kier molecular flexibility index (Phi) is 5.38. The van der Waals surface area contributed by atoms with Gasteiger partial charge in [-0.1, -0.05) is 46.1 Å². The zero-order chi connectivity index (χ0) is 13.9. The van der Waals surface area contributed by atoms with Gasteiger partial charge in [-0.2, -0.15) is 0 Å². The third kappa shape index (κ3) is 3.34. The number of rotatable bonds is 4. The van der Waals surface area contributed by atoms with Gasteiger partial charge in [0.1, 0.15) is 0 Å². The lowest BCUT2D eigenvalue weighted by atomic mass is 9.94. The summed E-state index contributed by atoms with van der Waals surface area (Å²) in [5.74, 6) is -0.164. The summed E-state index contributed by atoms with van der Waals surface area (Å²) in [5, 5.41) is 12.4. The molecule has 98 valence electrons. The molecule has 0 radical (unpaired) electrons. The first-order chi connectivity index (χ1) is 8.38. The Morgan fingerprint density at radius 1 is 1.33 bits per heavy atom.